The summed E-state index contributed by atoms with van der Waals surface area (Å²) in [6, 6.07) is 16.2. The van der Waals surface area contributed by atoms with E-state index in [0.717, 1.165) is 0 Å². The Morgan fingerprint density at radius 2 is 1.81 bits per heavy atom. The molecule has 11 heteroatoms. The number of aromatic nitrogens is 1. The Bertz CT molecular complexity index is 1470. The summed E-state index contributed by atoms with van der Waals surface area (Å²) in [6.07, 6.45) is 1.43. The van der Waals surface area contributed by atoms with Crippen LogP contribution in [0.1, 0.15) is 10.4 Å². The minimum atomic E-state index is -3.96. The molecule has 0 bridgehead atoms. The van der Waals surface area contributed by atoms with Gasteiger partial charge in [-0.15, -0.1) is 0 Å². The number of halogens is 1. The number of nitrogens with one attached hydrogen (secondary N) is 3. The van der Waals surface area contributed by atoms with E-state index < -0.39 is 20.9 Å². The third-order valence-corrected chi connectivity index (χ3v) is 6.33. The molecule has 0 aliphatic rings. The van der Waals surface area contributed by atoms with E-state index in [-0.39, 0.29) is 32.5 Å². The predicted octanol–water partition coefficient (Wildman–Crippen LogP) is 4.78. The van der Waals surface area contributed by atoms with Crippen molar-refractivity contribution >= 4 is 55.5 Å². The summed E-state index contributed by atoms with van der Waals surface area (Å²) in [6.45, 7) is 0. The Hall–Kier alpha value is -3.89. The minimum absolute atomic E-state index is 0.0789. The van der Waals surface area contributed by atoms with Crippen molar-refractivity contribution in [1.29, 1.82) is 0 Å². The summed E-state index contributed by atoms with van der Waals surface area (Å²) in [5, 5.41) is 14.3. The molecule has 32 heavy (non-hydrogen) atoms. The van der Waals surface area contributed by atoms with Crippen LogP contribution in [-0.2, 0) is 10.0 Å². The number of aromatic amines is 1. The molecule has 0 saturated carbocycles. The van der Waals surface area contributed by atoms with Crippen LogP contribution in [-0.4, -0.2) is 24.2 Å². The van der Waals surface area contributed by atoms with Gasteiger partial charge >= 0.3 is 0 Å². The second-order valence-electron chi connectivity index (χ2n) is 6.76. The molecular formula is C21H15ClN4O5S. The lowest BCUT2D eigenvalue weighted by Gasteiger charge is -2.11. The van der Waals surface area contributed by atoms with Gasteiger partial charge in [0.1, 0.15) is 0 Å². The van der Waals surface area contributed by atoms with Gasteiger partial charge in [-0.25, -0.2) is 8.42 Å². The van der Waals surface area contributed by atoms with Gasteiger partial charge < -0.3 is 10.3 Å². The number of carbonyl (C=O) groups is 1. The average molecular weight is 471 g/mol. The highest BCUT2D eigenvalue weighted by molar-refractivity contribution is 7.92. The number of hydrogen-bond acceptors (Lipinski definition) is 5. The summed E-state index contributed by atoms with van der Waals surface area (Å²) in [5.74, 6) is -0.551. The first-order chi connectivity index (χ1) is 15.2. The van der Waals surface area contributed by atoms with Gasteiger partial charge in [0.15, 0.2) is 0 Å². The smallest absolute Gasteiger partial charge is 0.270 e. The number of nitro benzene ring substituents is 1. The number of fused-ring (bicyclic) bond motifs is 1. The van der Waals surface area contributed by atoms with Crippen molar-refractivity contribution in [2.75, 3.05) is 10.0 Å². The molecule has 3 N–H and O–H groups in total. The summed E-state index contributed by atoms with van der Waals surface area (Å²) >= 11 is 6.02. The fourth-order valence-electron chi connectivity index (χ4n) is 3.10. The quantitative estimate of drug-likeness (QED) is 0.275. The average Bonchev–Trinajstić information content (AvgIpc) is 3.19. The summed E-state index contributed by atoms with van der Waals surface area (Å²) in [5.41, 5.74) is 1.05. The molecular weight excluding hydrogens is 456 g/mol. The van der Waals surface area contributed by atoms with Gasteiger partial charge in [0.25, 0.3) is 21.6 Å². The molecule has 9 nitrogen and oxygen atoms in total. The lowest BCUT2D eigenvalue weighted by Crippen LogP contribution is -2.15. The van der Waals surface area contributed by atoms with Crippen molar-refractivity contribution in [3.8, 4) is 0 Å². The van der Waals surface area contributed by atoms with E-state index in [1.165, 1.54) is 54.7 Å². The van der Waals surface area contributed by atoms with Crippen molar-refractivity contribution < 1.29 is 18.1 Å². The molecule has 0 unspecified atom stereocenters. The highest BCUT2D eigenvalue weighted by atomic mass is 35.5. The third kappa shape index (κ3) is 4.27. The number of H-pyrrole nitrogens is 1. The van der Waals surface area contributed by atoms with Crippen LogP contribution >= 0.6 is 11.6 Å². The monoisotopic (exact) mass is 470 g/mol. The van der Waals surface area contributed by atoms with E-state index in [0.29, 0.717) is 10.9 Å². The maximum absolute atomic E-state index is 12.8. The number of nitrogens with zero attached hydrogens (tertiary/aromatic N) is 1. The number of amides is 1. The first-order valence-corrected chi connectivity index (χ1v) is 11.0. The highest BCUT2D eigenvalue weighted by Crippen LogP contribution is 2.27. The number of sulfonamides is 1. The Kier molecular flexibility index (Phi) is 5.56. The number of benzene rings is 3. The number of nitro groups is 1. The Morgan fingerprint density at radius 1 is 1.03 bits per heavy atom. The number of non-ortho nitro benzene ring substituents is 1. The zero-order valence-electron chi connectivity index (χ0n) is 16.2. The van der Waals surface area contributed by atoms with E-state index in [4.69, 9.17) is 11.6 Å². The van der Waals surface area contributed by atoms with E-state index in [1.807, 2.05) is 0 Å². The molecule has 0 spiro atoms. The lowest BCUT2D eigenvalue weighted by atomic mass is 10.1. The maximum Gasteiger partial charge on any atom is 0.270 e. The molecule has 0 aliphatic heterocycles. The van der Waals surface area contributed by atoms with Gasteiger partial charge in [-0.05, 0) is 36.4 Å². The van der Waals surface area contributed by atoms with Crippen LogP contribution in [0.4, 0.5) is 17.1 Å². The SMILES string of the molecule is O=C(Nc1cccc(S(=O)(=O)Nc2ccccc2Cl)c1)c1c[nH]c2ccc([N+](=O)[O-])cc12. The molecule has 162 valence electrons. The van der Waals surface area contributed by atoms with Gasteiger partial charge in [0.2, 0.25) is 0 Å². The van der Waals surface area contributed by atoms with Crippen molar-refractivity contribution in [1.82, 2.24) is 4.98 Å². The molecule has 1 amide bonds. The molecule has 0 atom stereocenters. The van der Waals surface area contributed by atoms with Crippen LogP contribution < -0.4 is 10.0 Å². The molecule has 0 fully saturated rings. The Labute approximate surface area is 187 Å². The molecule has 4 aromatic rings. The van der Waals surface area contributed by atoms with Gasteiger partial charge in [0, 0.05) is 34.9 Å². The van der Waals surface area contributed by atoms with E-state index in [9.17, 15) is 23.3 Å². The number of carbonyl (C=O) groups excluding carboxylic acids is 1. The number of para-hydroxylation sites is 1. The lowest BCUT2D eigenvalue weighted by molar-refractivity contribution is -0.384. The van der Waals surface area contributed by atoms with Gasteiger partial charge in [0.05, 0.1) is 26.1 Å². The predicted molar refractivity (Wildman–Crippen MR) is 122 cm³/mol. The first-order valence-electron chi connectivity index (χ1n) is 9.19. The highest BCUT2D eigenvalue weighted by Gasteiger charge is 2.19. The molecule has 3 aromatic carbocycles. The number of rotatable bonds is 6. The second kappa shape index (κ2) is 8.33. The van der Waals surface area contributed by atoms with Crippen molar-refractivity contribution in [2.45, 2.75) is 4.90 Å². The van der Waals surface area contributed by atoms with Crippen LogP contribution in [0.25, 0.3) is 10.9 Å². The van der Waals surface area contributed by atoms with E-state index in [2.05, 4.69) is 15.0 Å². The van der Waals surface area contributed by atoms with E-state index >= 15 is 0 Å². The largest absolute Gasteiger partial charge is 0.360 e. The molecule has 0 saturated heterocycles. The van der Waals surface area contributed by atoms with Crippen molar-refractivity contribution in [3.63, 3.8) is 0 Å². The molecule has 1 aromatic heterocycles. The Balaban J connectivity index is 1.60. The maximum atomic E-state index is 12.8. The summed E-state index contributed by atoms with van der Waals surface area (Å²) in [4.78, 5) is 26.1. The van der Waals surface area contributed by atoms with Gasteiger partial charge in [-0.2, -0.15) is 0 Å². The molecule has 0 aliphatic carbocycles. The fourth-order valence-corrected chi connectivity index (χ4v) is 4.46. The molecule has 4 rings (SSSR count). The van der Waals surface area contributed by atoms with E-state index in [1.54, 1.807) is 18.2 Å². The van der Waals surface area contributed by atoms with Crippen LogP contribution in [0.5, 0.6) is 0 Å². The minimum Gasteiger partial charge on any atom is -0.360 e. The van der Waals surface area contributed by atoms with Crippen LogP contribution in [0.2, 0.25) is 5.02 Å². The molecule has 1 heterocycles. The van der Waals surface area contributed by atoms with Crippen LogP contribution in [0, 0.1) is 10.1 Å². The number of hydrogen-bond donors (Lipinski definition) is 3. The zero-order valence-corrected chi connectivity index (χ0v) is 17.8. The van der Waals surface area contributed by atoms with Crippen molar-refractivity contribution in [3.05, 3.63) is 93.6 Å². The normalized spacial score (nSPS) is 11.3. The number of anilines is 2. The fraction of sp³-hybridized carbons (Fsp3) is 0. The zero-order chi connectivity index (χ0) is 22.9. The van der Waals surface area contributed by atoms with Crippen molar-refractivity contribution in [2.24, 2.45) is 0 Å². The molecule has 0 radical (unpaired) electrons. The third-order valence-electron chi connectivity index (χ3n) is 4.64. The Morgan fingerprint density at radius 3 is 2.56 bits per heavy atom. The first kappa shape index (κ1) is 21.3. The second-order valence-corrected chi connectivity index (χ2v) is 8.85. The van der Waals surface area contributed by atoms with Gasteiger partial charge in [-0.3, -0.25) is 19.6 Å². The van der Waals surface area contributed by atoms with Crippen LogP contribution in [0.3, 0.4) is 0 Å². The topological polar surface area (TPSA) is 134 Å². The summed E-state index contributed by atoms with van der Waals surface area (Å²) < 4.78 is 27.9. The van der Waals surface area contributed by atoms with Crippen LogP contribution in [0.15, 0.2) is 77.8 Å². The summed E-state index contributed by atoms with van der Waals surface area (Å²) in [7, 11) is -3.96. The standard InChI is InChI=1S/C21H15ClN4O5S/c22-18-6-1-2-7-20(18)25-32(30,31)15-5-3-4-13(10-15)24-21(27)17-12-23-19-9-8-14(26(28)29)11-16(17)19/h1-12,23,25H,(H,24,27). The van der Waals surface area contributed by atoms with Gasteiger partial charge in [-0.1, -0.05) is 29.8 Å².